The number of nitrogens with one attached hydrogen (secondary N) is 1. The molecule has 0 spiro atoms. The number of hydrogen-bond donors (Lipinski definition) is 2. The molecule has 0 radical (unpaired) electrons. The highest BCUT2D eigenvalue weighted by atomic mass is 16.3. The lowest BCUT2D eigenvalue weighted by Crippen LogP contribution is -2.55. The number of rotatable bonds is 7. The number of carbonyl (C=O) groups excluding carboxylic acids is 1. The van der Waals surface area contributed by atoms with E-state index in [1.54, 1.807) is 6.07 Å². The monoisotopic (exact) mass is 369 g/mol. The summed E-state index contributed by atoms with van der Waals surface area (Å²) >= 11 is 0. The van der Waals surface area contributed by atoms with Crippen molar-refractivity contribution in [2.24, 2.45) is 0 Å². The second-order valence-corrected chi connectivity index (χ2v) is 6.98. The number of amides is 1. The van der Waals surface area contributed by atoms with Gasteiger partial charge < -0.3 is 15.0 Å². The number of aryl methyl sites for hydroxylation is 1. The molecule has 2 N–H and O–H groups in total. The largest absolute Gasteiger partial charge is 0.396 e. The fraction of sp³-hybridized carbons (Fsp3) is 0.429. The maximum atomic E-state index is 12.7. The third kappa shape index (κ3) is 5.28. The Hall–Kier alpha value is -2.44. The van der Waals surface area contributed by atoms with Crippen molar-refractivity contribution in [1.82, 2.24) is 14.8 Å². The number of hydrogen-bond acceptors (Lipinski definition) is 4. The Bertz CT molecular complexity index is 770. The average Bonchev–Trinajstić information content (AvgIpc) is 2.70. The van der Waals surface area contributed by atoms with E-state index in [0.717, 1.165) is 25.9 Å². The normalized spacial score (nSPS) is 17.8. The van der Waals surface area contributed by atoms with E-state index >= 15 is 0 Å². The minimum atomic E-state index is -0.215. The Morgan fingerprint density at radius 1 is 1.15 bits per heavy atom. The van der Waals surface area contributed by atoms with Gasteiger partial charge in [-0.25, -0.2) is 0 Å². The molecule has 1 saturated heterocycles. The first kappa shape index (κ1) is 19.3. The summed E-state index contributed by atoms with van der Waals surface area (Å²) in [6.45, 7) is 3.13. The first-order chi connectivity index (χ1) is 13.2. The average molecular weight is 369 g/mol. The van der Waals surface area contributed by atoms with Crippen molar-refractivity contribution in [2.45, 2.75) is 25.3 Å². The molecule has 3 rings (SSSR count). The van der Waals surface area contributed by atoms with E-state index in [4.69, 9.17) is 0 Å². The Labute approximate surface area is 159 Å². The van der Waals surface area contributed by atoms with Crippen LogP contribution in [0.3, 0.4) is 0 Å². The second kappa shape index (κ2) is 9.48. The van der Waals surface area contributed by atoms with Crippen molar-refractivity contribution < 1.29 is 9.90 Å². The van der Waals surface area contributed by atoms with Gasteiger partial charge in [-0.1, -0.05) is 30.3 Å². The van der Waals surface area contributed by atoms with Crippen LogP contribution in [0.15, 0.2) is 53.5 Å². The van der Waals surface area contributed by atoms with Crippen LogP contribution in [-0.4, -0.2) is 64.6 Å². The SMILES string of the molecule is O=C(c1ccc(=O)[nH]c1)N1CCN(CCCc2ccccc2)[C@@H](CCO)C1. The van der Waals surface area contributed by atoms with Crippen molar-refractivity contribution in [3.05, 3.63) is 70.1 Å². The van der Waals surface area contributed by atoms with Crippen molar-refractivity contribution in [2.75, 3.05) is 32.8 Å². The maximum absolute atomic E-state index is 12.7. The van der Waals surface area contributed by atoms with Crippen molar-refractivity contribution in [3.63, 3.8) is 0 Å². The molecule has 1 aliphatic heterocycles. The van der Waals surface area contributed by atoms with E-state index in [-0.39, 0.29) is 24.1 Å². The minimum absolute atomic E-state index is 0.0712. The van der Waals surface area contributed by atoms with Crippen molar-refractivity contribution in [1.29, 1.82) is 0 Å². The van der Waals surface area contributed by atoms with Crippen molar-refractivity contribution in [3.8, 4) is 0 Å². The number of nitrogens with zero attached hydrogens (tertiary/aromatic N) is 2. The summed E-state index contributed by atoms with van der Waals surface area (Å²) in [6.07, 6.45) is 4.21. The Balaban J connectivity index is 1.56. The topological polar surface area (TPSA) is 76.6 Å². The van der Waals surface area contributed by atoms with E-state index in [0.29, 0.717) is 25.1 Å². The lowest BCUT2D eigenvalue weighted by atomic mass is 10.1. The smallest absolute Gasteiger partial charge is 0.255 e. The molecule has 1 aromatic carbocycles. The fourth-order valence-corrected chi connectivity index (χ4v) is 3.65. The molecule has 0 aliphatic carbocycles. The van der Waals surface area contributed by atoms with Crippen LogP contribution >= 0.6 is 0 Å². The number of piperazine rings is 1. The summed E-state index contributed by atoms with van der Waals surface area (Å²) in [6, 6.07) is 13.5. The van der Waals surface area contributed by atoms with Gasteiger partial charge in [0.25, 0.3) is 5.91 Å². The molecule has 0 saturated carbocycles. The number of aromatic amines is 1. The van der Waals surface area contributed by atoms with E-state index in [2.05, 4.69) is 34.1 Å². The standard InChI is InChI=1S/C21H27N3O3/c25-14-10-19-16-24(21(27)18-8-9-20(26)22-15-18)13-12-23(19)11-4-7-17-5-2-1-3-6-17/h1-3,5-6,8-9,15,19,25H,4,7,10-14,16H2,(H,22,26)/t19-/m0/s1. The van der Waals surface area contributed by atoms with Gasteiger partial charge in [-0.3, -0.25) is 14.5 Å². The predicted molar refractivity (Wildman–Crippen MR) is 105 cm³/mol. The van der Waals surface area contributed by atoms with Crippen LogP contribution in [-0.2, 0) is 6.42 Å². The second-order valence-electron chi connectivity index (χ2n) is 6.98. The summed E-state index contributed by atoms with van der Waals surface area (Å²) in [5.41, 5.74) is 1.62. The third-order valence-corrected chi connectivity index (χ3v) is 5.14. The van der Waals surface area contributed by atoms with E-state index in [1.807, 2.05) is 11.0 Å². The van der Waals surface area contributed by atoms with E-state index in [9.17, 15) is 14.7 Å². The molecule has 0 unspecified atom stereocenters. The van der Waals surface area contributed by atoms with Gasteiger partial charge in [0.2, 0.25) is 5.56 Å². The third-order valence-electron chi connectivity index (χ3n) is 5.14. The fourth-order valence-electron chi connectivity index (χ4n) is 3.65. The van der Waals surface area contributed by atoms with Gasteiger partial charge in [-0.05, 0) is 37.4 Å². The molecule has 2 heterocycles. The predicted octanol–water partition coefficient (Wildman–Crippen LogP) is 1.52. The number of aliphatic hydroxyl groups excluding tert-OH is 1. The summed E-state index contributed by atoms with van der Waals surface area (Å²) in [5, 5.41) is 9.44. The zero-order valence-electron chi connectivity index (χ0n) is 15.5. The van der Waals surface area contributed by atoms with Crippen LogP contribution in [0.5, 0.6) is 0 Å². The molecule has 2 aromatic rings. The zero-order chi connectivity index (χ0) is 19.1. The molecule has 6 heteroatoms. The number of benzene rings is 1. The number of pyridine rings is 1. The minimum Gasteiger partial charge on any atom is -0.396 e. The van der Waals surface area contributed by atoms with E-state index < -0.39 is 0 Å². The van der Waals surface area contributed by atoms with Crippen LogP contribution in [0.25, 0.3) is 0 Å². The molecule has 1 aliphatic rings. The van der Waals surface area contributed by atoms with Gasteiger partial charge in [-0.2, -0.15) is 0 Å². The highest BCUT2D eigenvalue weighted by molar-refractivity contribution is 5.93. The van der Waals surface area contributed by atoms with E-state index in [1.165, 1.54) is 17.8 Å². The number of H-pyrrole nitrogens is 1. The Morgan fingerprint density at radius 2 is 1.96 bits per heavy atom. The highest BCUT2D eigenvalue weighted by Crippen LogP contribution is 2.16. The van der Waals surface area contributed by atoms with Gasteiger partial charge in [0.15, 0.2) is 0 Å². The molecule has 1 atom stereocenters. The van der Waals surface area contributed by atoms with Crippen LogP contribution in [0.2, 0.25) is 0 Å². The Morgan fingerprint density at radius 3 is 2.67 bits per heavy atom. The van der Waals surface area contributed by atoms with Gasteiger partial charge in [0.1, 0.15) is 0 Å². The molecule has 1 aromatic heterocycles. The van der Waals surface area contributed by atoms with Crippen LogP contribution in [0.1, 0.15) is 28.8 Å². The summed E-state index contributed by atoms with van der Waals surface area (Å²) in [4.78, 5) is 30.6. The first-order valence-electron chi connectivity index (χ1n) is 9.54. The Kier molecular flexibility index (Phi) is 6.79. The number of aliphatic hydroxyl groups is 1. The lowest BCUT2D eigenvalue weighted by Gasteiger charge is -2.41. The lowest BCUT2D eigenvalue weighted by molar-refractivity contribution is 0.0418. The van der Waals surface area contributed by atoms with Crippen molar-refractivity contribution >= 4 is 5.91 Å². The molecule has 0 bridgehead atoms. The first-order valence-corrected chi connectivity index (χ1v) is 9.54. The van der Waals surface area contributed by atoms with Crippen LogP contribution in [0, 0.1) is 0 Å². The van der Waals surface area contributed by atoms with Gasteiger partial charge in [0, 0.05) is 44.5 Å². The summed E-state index contributed by atoms with van der Waals surface area (Å²) in [7, 11) is 0. The maximum Gasteiger partial charge on any atom is 0.255 e. The van der Waals surface area contributed by atoms with Gasteiger partial charge >= 0.3 is 0 Å². The number of carbonyl (C=O) groups is 1. The molecular weight excluding hydrogens is 342 g/mol. The van der Waals surface area contributed by atoms with Crippen LogP contribution < -0.4 is 5.56 Å². The molecule has 1 fully saturated rings. The molecule has 144 valence electrons. The highest BCUT2D eigenvalue weighted by Gasteiger charge is 2.29. The van der Waals surface area contributed by atoms with Gasteiger partial charge in [0.05, 0.1) is 5.56 Å². The molecule has 6 nitrogen and oxygen atoms in total. The zero-order valence-corrected chi connectivity index (χ0v) is 15.5. The summed E-state index contributed by atoms with van der Waals surface area (Å²) < 4.78 is 0. The quantitative estimate of drug-likeness (QED) is 0.776. The van der Waals surface area contributed by atoms with Crippen LogP contribution in [0.4, 0.5) is 0 Å². The molecular formula is C21H27N3O3. The van der Waals surface area contributed by atoms with Gasteiger partial charge in [-0.15, -0.1) is 0 Å². The number of aromatic nitrogens is 1. The summed E-state index contributed by atoms with van der Waals surface area (Å²) in [5.74, 6) is -0.0712. The molecule has 1 amide bonds. The molecule has 27 heavy (non-hydrogen) atoms.